The third kappa shape index (κ3) is 28.2. The Morgan fingerprint density at radius 3 is 0.641 bits per heavy atom. The average molecular weight is 873 g/mol. The number of aromatic hydroxyl groups is 5. The van der Waals surface area contributed by atoms with Crippen LogP contribution in [0.5, 0.6) is 28.7 Å². The van der Waals surface area contributed by atoms with Gasteiger partial charge < -0.3 is 25.5 Å². The van der Waals surface area contributed by atoms with Crippen molar-refractivity contribution in [3.8, 4) is 28.7 Å². The Hall–Kier alpha value is -6.46. The number of hydrogen-bond donors (Lipinski definition) is 5. The Kier molecular flexibility index (Phi) is 40.7. The van der Waals surface area contributed by atoms with Crippen molar-refractivity contribution in [1.29, 1.82) is 0 Å². The molecule has 8 rings (SSSR count). The van der Waals surface area contributed by atoms with Gasteiger partial charge in [0.15, 0.2) is 0 Å². The van der Waals surface area contributed by atoms with Crippen LogP contribution in [0.3, 0.4) is 0 Å². The quantitative estimate of drug-likeness (QED) is 0.104. The van der Waals surface area contributed by atoms with E-state index in [1.54, 1.807) is 42.5 Å². The largest absolute Gasteiger partial charge is 0.508 e. The molecular weight excluding hydrogens is 789 g/mol. The Labute approximate surface area is 389 Å². The molecule has 64 heavy (non-hydrogen) atoms. The smallest absolute Gasteiger partial charge is 0.123 e. The zero-order valence-electron chi connectivity index (χ0n) is 38.3. The molecule has 0 unspecified atom stereocenters. The molecule has 5 N–H and O–H groups in total. The molecule has 0 aliphatic rings. The molecule has 0 spiro atoms. The molecule has 8 aromatic rings. The summed E-state index contributed by atoms with van der Waals surface area (Å²) >= 11 is 0. The summed E-state index contributed by atoms with van der Waals surface area (Å²) in [6, 6.07) is 54.1. The van der Waals surface area contributed by atoms with Crippen molar-refractivity contribution in [2.45, 2.75) is 117 Å². The maximum Gasteiger partial charge on any atom is 0.123 e. The highest BCUT2D eigenvalue weighted by atomic mass is 16.3. The summed E-state index contributed by atoms with van der Waals surface area (Å²) in [5.74, 6) is 1.71. The van der Waals surface area contributed by atoms with Crippen LogP contribution in [0.15, 0.2) is 176 Å². The summed E-state index contributed by atoms with van der Waals surface area (Å²) in [7, 11) is 0. The molecule has 0 amide bonds. The van der Waals surface area contributed by atoms with E-state index in [1.807, 2.05) is 147 Å². The summed E-state index contributed by atoms with van der Waals surface area (Å²) in [5, 5.41) is 51.6. The first-order chi connectivity index (χ1) is 29.4. The molecule has 0 fully saturated rings. The lowest BCUT2D eigenvalue weighted by molar-refractivity contribution is 0.474. The van der Waals surface area contributed by atoms with Crippen LogP contribution >= 0.6 is 0 Å². The monoisotopic (exact) mass is 873 g/mol. The van der Waals surface area contributed by atoms with Gasteiger partial charge in [-0.05, 0) is 72.5 Å². The maximum absolute atomic E-state index is 9.37. The fraction of sp³-hybridized carbons (Fsp3) is 0.288. The number of aryl methyl sites for hydroxylation is 2. The van der Waals surface area contributed by atoms with E-state index in [4.69, 9.17) is 10.2 Å². The van der Waals surface area contributed by atoms with Gasteiger partial charge in [0, 0.05) is 16.2 Å². The lowest BCUT2D eigenvalue weighted by Gasteiger charge is -1.97. The van der Waals surface area contributed by atoms with E-state index >= 15 is 0 Å². The minimum Gasteiger partial charge on any atom is -0.508 e. The summed E-state index contributed by atoms with van der Waals surface area (Å²) in [6.07, 6.45) is 5.00. The van der Waals surface area contributed by atoms with Crippen molar-refractivity contribution >= 4 is 32.3 Å². The lowest BCUT2D eigenvalue weighted by Crippen LogP contribution is -1.70. The van der Waals surface area contributed by atoms with Crippen LogP contribution in [-0.2, 0) is 0 Å². The van der Waals surface area contributed by atoms with E-state index in [0.717, 1.165) is 32.3 Å². The van der Waals surface area contributed by atoms with Gasteiger partial charge in [-0.1, -0.05) is 248 Å². The zero-order chi connectivity index (χ0) is 45.8. The van der Waals surface area contributed by atoms with Gasteiger partial charge in [-0.25, -0.2) is 0 Å². The molecule has 0 atom stereocenters. The van der Waals surface area contributed by atoms with E-state index < -0.39 is 0 Å². The lowest BCUT2D eigenvalue weighted by atomic mass is 10.1. The van der Waals surface area contributed by atoms with Gasteiger partial charge in [0.25, 0.3) is 0 Å². The van der Waals surface area contributed by atoms with Gasteiger partial charge in [-0.2, -0.15) is 0 Å². The number of fused-ring (bicyclic) bond motifs is 3. The van der Waals surface area contributed by atoms with Crippen LogP contribution in [0.25, 0.3) is 32.3 Å². The van der Waals surface area contributed by atoms with Gasteiger partial charge in [-0.3, -0.25) is 0 Å². The van der Waals surface area contributed by atoms with Gasteiger partial charge in [0.1, 0.15) is 28.7 Å². The molecule has 0 radical (unpaired) electrons. The van der Waals surface area contributed by atoms with Crippen LogP contribution in [0.1, 0.15) is 114 Å². The number of hydrogen-bond acceptors (Lipinski definition) is 5. The second kappa shape index (κ2) is 40.6. The zero-order valence-corrected chi connectivity index (χ0v) is 38.3. The fourth-order valence-corrected chi connectivity index (χ4v) is 4.71. The molecular formula is C59H84O5. The maximum atomic E-state index is 9.37. The molecule has 0 heterocycles. The standard InChI is InChI=1S/3C10H8O.2C7H8O.4C3H8.3CH4/c3*11-10-7-3-5-8-4-1-2-6-9(8)10;2*1-6-2-4-7(8)5-3-6;4*1-3-2;;;/h3*1-7,11H;2*2-5,8H,1H3;4*3H2,1-2H3;3*1H4. The molecule has 0 aliphatic heterocycles. The van der Waals surface area contributed by atoms with Crippen LogP contribution in [0.2, 0.25) is 0 Å². The summed E-state index contributed by atoms with van der Waals surface area (Å²) in [6.45, 7) is 21.0. The summed E-state index contributed by atoms with van der Waals surface area (Å²) < 4.78 is 0. The Balaban J connectivity index is -0.000000329. The number of benzene rings is 8. The first-order valence-electron chi connectivity index (χ1n) is 21.4. The predicted molar refractivity (Wildman–Crippen MR) is 287 cm³/mol. The molecule has 350 valence electrons. The highest BCUT2D eigenvalue weighted by Gasteiger charge is 1.96. The van der Waals surface area contributed by atoms with Crippen LogP contribution in [-0.4, -0.2) is 25.5 Å². The van der Waals surface area contributed by atoms with Gasteiger partial charge in [0.2, 0.25) is 0 Å². The second-order valence-electron chi connectivity index (χ2n) is 14.0. The number of phenolic OH excluding ortho intramolecular Hbond substituents is 5. The number of rotatable bonds is 0. The fourth-order valence-electron chi connectivity index (χ4n) is 4.71. The topological polar surface area (TPSA) is 101 Å². The average Bonchev–Trinajstić information content (AvgIpc) is 3.26. The van der Waals surface area contributed by atoms with Gasteiger partial charge in [-0.15, -0.1) is 0 Å². The molecule has 8 aromatic carbocycles. The predicted octanol–water partition coefficient (Wildman–Crippen LogP) is 18.6. The van der Waals surface area contributed by atoms with Crippen LogP contribution < -0.4 is 0 Å². The molecule has 0 aliphatic carbocycles. The molecule has 5 heteroatoms. The number of phenols is 5. The van der Waals surface area contributed by atoms with Gasteiger partial charge >= 0.3 is 0 Å². The normalized spacial score (nSPS) is 8.66. The van der Waals surface area contributed by atoms with Crippen molar-refractivity contribution in [1.82, 2.24) is 0 Å². The minimum absolute atomic E-state index is 0. The van der Waals surface area contributed by atoms with E-state index in [2.05, 4.69) is 55.4 Å². The SMILES string of the molecule is C.C.C.CCC.CCC.CCC.CCC.Cc1ccc(O)cc1.Cc1ccc(O)cc1.Oc1cccc2ccccc12.Oc1cccc2ccccc12.Oc1cccc2ccccc12. The highest BCUT2D eigenvalue weighted by molar-refractivity contribution is 5.89. The first kappa shape index (κ1) is 64.2. The third-order valence-electron chi connectivity index (χ3n) is 7.37. The molecule has 0 bridgehead atoms. The highest BCUT2D eigenvalue weighted by Crippen LogP contribution is 2.25. The Morgan fingerprint density at radius 2 is 0.453 bits per heavy atom. The van der Waals surface area contributed by atoms with E-state index in [1.165, 1.54) is 36.8 Å². The van der Waals surface area contributed by atoms with Crippen molar-refractivity contribution < 1.29 is 25.5 Å². The Morgan fingerprint density at radius 1 is 0.266 bits per heavy atom. The van der Waals surface area contributed by atoms with E-state index in [0.29, 0.717) is 28.7 Å². The second-order valence-corrected chi connectivity index (χ2v) is 14.0. The van der Waals surface area contributed by atoms with Crippen molar-refractivity contribution in [3.63, 3.8) is 0 Å². The minimum atomic E-state index is 0. The van der Waals surface area contributed by atoms with E-state index in [9.17, 15) is 15.3 Å². The summed E-state index contributed by atoms with van der Waals surface area (Å²) in [5.41, 5.74) is 2.34. The molecule has 0 saturated carbocycles. The molecule has 0 aromatic heterocycles. The van der Waals surface area contributed by atoms with Gasteiger partial charge in [0.05, 0.1) is 0 Å². The Bertz CT molecular complexity index is 1970. The van der Waals surface area contributed by atoms with E-state index in [-0.39, 0.29) is 22.3 Å². The third-order valence-corrected chi connectivity index (χ3v) is 7.37. The van der Waals surface area contributed by atoms with Crippen molar-refractivity contribution in [2.24, 2.45) is 0 Å². The van der Waals surface area contributed by atoms with Crippen LogP contribution in [0, 0.1) is 13.8 Å². The summed E-state index contributed by atoms with van der Waals surface area (Å²) in [4.78, 5) is 0. The molecule has 0 saturated heterocycles. The first-order valence-corrected chi connectivity index (χ1v) is 21.4. The van der Waals surface area contributed by atoms with Crippen molar-refractivity contribution in [2.75, 3.05) is 0 Å². The molecule has 5 nitrogen and oxygen atoms in total. The van der Waals surface area contributed by atoms with Crippen LogP contribution in [0.4, 0.5) is 0 Å². The van der Waals surface area contributed by atoms with Crippen molar-refractivity contribution in [3.05, 3.63) is 187 Å².